The summed E-state index contributed by atoms with van der Waals surface area (Å²) in [4.78, 5) is 28.3. The molecule has 4 heteroatoms. The van der Waals surface area contributed by atoms with E-state index in [9.17, 15) is 9.59 Å². The molecule has 1 amide bonds. The van der Waals surface area contributed by atoms with Crippen LogP contribution in [0.15, 0.2) is 72.8 Å². The topological polar surface area (TPSA) is 46.6 Å². The van der Waals surface area contributed by atoms with Gasteiger partial charge in [0, 0.05) is 13.1 Å². The Morgan fingerprint density at radius 1 is 1.07 bits per heavy atom. The van der Waals surface area contributed by atoms with Crippen molar-refractivity contribution in [1.29, 1.82) is 0 Å². The summed E-state index contributed by atoms with van der Waals surface area (Å²) in [6.07, 6.45) is 5.57. The molecule has 28 heavy (non-hydrogen) atoms. The van der Waals surface area contributed by atoms with Crippen LogP contribution in [-0.4, -0.2) is 29.9 Å². The van der Waals surface area contributed by atoms with E-state index in [-0.39, 0.29) is 11.9 Å². The molecule has 0 fully saturated rings. The molecule has 0 aliphatic carbocycles. The van der Waals surface area contributed by atoms with Gasteiger partial charge in [-0.2, -0.15) is 0 Å². The van der Waals surface area contributed by atoms with Crippen LogP contribution >= 0.6 is 0 Å². The third-order valence-corrected chi connectivity index (χ3v) is 5.01. The number of hydrogen-bond donors (Lipinski definition) is 0. The van der Waals surface area contributed by atoms with Crippen LogP contribution in [-0.2, 0) is 20.9 Å². The second-order valence-corrected chi connectivity index (χ2v) is 6.98. The minimum absolute atomic E-state index is 0.0281. The number of carbonyl (C=O) groups excluding carboxylic acids is 2. The molecule has 4 nitrogen and oxygen atoms in total. The number of benzene rings is 2. The highest BCUT2D eigenvalue weighted by Crippen LogP contribution is 2.31. The highest BCUT2D eigenvalue weighted by atomic mass is 16.5. The molecular formula is C24H27NO3. The molecule has 0 saturated heterocycles. The van der Waals surface area contributed by atoms with Crippen LogP contribution in [0.1, 0.15) is 36.8 Å². The lowest BCUT2D eigenvalue weighted by atomic mass is 9.84. The standard InChI is InChI=1S/C24H27NO3/c1-2-28-24(27)21-16-10-5-11-17-25(18-19-12-6-3-7-13-19)23(26)22(21)20-14-8-4-9-15-20/h3-4,6-10,12-16,21-22H,2,5,11,17-18H2,1H3/b16-10+/t21-,22-/m0/s1. The van der Waals surface area contributed by atoms with Crippen molar-refractivity contribution >= 4 is 11.9 Å². The first-order valence-electron chi connectivity index (χ1n) is 9.91. The normalized spacial score (nSPS) is 21.3. The number of hydrogen-bond acceptors (Lipinski definition) is 3. The fraction of sp³-hybridized carbons (Fsp3) is 0.333. The number of ether oxygens (including phenoxy) is 1. The molecule has 1 aliphatic rings. The predicted molar refractivity (Wildman–Crippen MR) is 110 cm³/mol. The molecule has 0 N–H and O–H groups in total. The average Bonchev–Trinajstić information content (AvgIpc) is 2.80. The number of esters is 1. The van der Waals surface area contributed by atoms with Gasteiger partial charge in [0.2, 0.25) is 5.91 Å². The maximum Gasteiger partial charge on any atom is 0.313 e. The van der Waals surface area contributed by atoms with E-state index in [0.717, 1.165) is 24.0 Å². The van der Waals surface area contributed by atoms with Crippen LogP contribution in [0.25, 0.3) is 0 Å². The van der Waals surface area contributed by atoms with Gasteiger partial charge in [0.25, 0.3) is 0 Å². The average molecular weight is 377 g/mol. The molecule has 146 valence electrons. The summed E-state index contributed by atoms with van der Waals surface area (Å²) < 4.78 is 5.31. The van der Waals surface area contributed by atoms with Crippen molar-refractivity contribution in [1.82, 2.24) is 4.90 Å². The molecule has 1 heterocycles. The summed E-state index contributed by atoms with van der Waals surface area (Å²) in [5.74, 6) is -1.58. The van der Waals surface area contributed by atoms with E-state index in [1.54, 1.807) is 6.92 Å². The lowest BCUT2D eigenvalue weighted by Crippen LogP contribution is -2.39. The minimum Gasteiger partial charge on any atom is -0.466 e. The first-order valence-corrected chi connectivity index (χ1v) is 9.91. The van der Waals surface area contributed by atoms with Gasteiger partial charge >= 0.3 is 5.97 Å². The quantitative estimate of drug-likeness (QED) is 0.576. The highest BCUT2D eigenvalue weighted by Gasteiger charge is 2.37. The van der Waals surface area contributed by atoms with Gasteiger partial charge in [-0.15, -0.1) is 0 Å². The van der Waals surface area contributed by atoms with Crippen LogP contribution < -0.4 is 0 Å². The molecule has 1 aliphatic heterocycles. The zero-order valence-electron chi connectivity index (χ0n) is 16.3. The summed E-state index contributed by atoms with van der Waals surface area (Å²) in [6.45, 7) is 3.29. The lowest BCUT2D eigenvalue weighted by Gasteiger charge is -2.30. The summed E-state index contributed by atoms with van der Waals surface area (Å²) in [7, 11) is 0. The van der Waals surface area contributed by atoms with Gasteiger partial charge in [0.1, 0.15) is 0 Å². The number of nitrogens with zero attached hydrogens (tertiary/aromatic N) is 1. The monoisotopic (exact) mass is 377 g/mol. The van der Waals surface area contributed by atoms with Gasteiger partial charge in [0.15, 0.2) is 0 Å². The van der Waals surface area contributed by atoms with E-state index in [4.69, 9.17) is 4.74 Å². The molecular weight excluding hydrogens is 350 g/mol. The van der Waals surface area contributed by atoms with Gasteiger partial charge in [0.05, 0.1) is 18.4 Å². The molecule has 0 spiro atoms. The molecule has 2 aromatic carbocycles. The van der Waals surface area contributed by atoms with Crippen molar-refractivity contribution in [2.45, 2.75) is 32.2 Å². The smallest absolute Gasteiger partial charge is 0.313 e. The van der Waals surface area contributed by atoms with Crippen molar-refractivity contribution < 1.29 is 14.3 Å². The van der Waals surface area contributed by atoms with Crippen LogP contribution in [0.3, 0.4) is 0 Å². The van der Waals surface area contributed by atoms with E-state index >= 15 is 0 Å². The summed E-state index contributed by atoms with van der Waals surface area (Å²) in [5.41, 5.74) is 1.93. The molecule has 3 rings (SSSR count). The molecule has 2 aromatic rings. The highest BCUT2D eigenvalue weighted by molar-refractivity contribution is 5.90. The van der Waals surface area contributed by atoms with Crippen LogP contribution in [0.4, 0.5) is 0 Å². The van der Waals surface area contributed by atoms with Gasteiger partial charge in [-0.05, 0) is 30.9 Å². The Bertz CT molecular complexity index is 801. The van der Waals surface area contributed by atoms with E-state index < -0.39 is 11.8 Å². The van der Waals surface area contributed by atoms with Gasteiger partial charge in [-0.1, -0.05) is 72.8 Å². The summed E-state index contributed by atoms with van der Waals surface area (Å²) in [5, 5.41) is 0. The minimum atomic E-state index is -0.619. The first kappa shape index (κ1) is 19.9. The summed E-state index contributed by atoms with van der Waals surface area (Å²) >= 11 is 0. The van der Waals surface area contributed by atoms with Crippen LogP contribution in [0.2, 0.25) is 0 Å². The number of carbonyl (C=O) groups is 2. The van der Waals surface area contributed by atoms with Gasteiger partial charge in [-0.25, -0.2) is 0 Å². The van der Waals surface area contributed by atoms with Gasteiger partial charge in [-0.3, -0.25) is 9.59 Å². The fourth-order valence-electron chi connectivity index (χ4n) is 3.64. The Morgan fingerprint density at radius 3 is 2.43 bits per heavy atom. The van der Waals surface area contributed by atoms with Crippen molar-refractivity contribution in [3.63, 3.8) is 0 Å². The van der Waals surface area contributed by atoms with Crippen LogP contribution in [0, 0.1) is 5.92 Å². The zero-order valence-corrected chi connectivity index (χ0v) is 16.3. The van der Waals surface area contributed by atoms with E-state index in [2.05, 4.69) is 0 Å². The van der Waals surface area contributed by atoms with Gasteiger partial charge < -0.3 is 9.64 Å². The lowest BCUT2D eigenvalue weighted by molar-refractivity contribution is -0.150. The Kier molecular flexibility index (Phi) is 7.01. The number of allylic oxidation sites excluding steroid dienone is 1. The third kappa shape index (κ3) is 4.89. The second-order valence-electron chi connectivity index (χ2n) is 6.98. The van der Waals surface area contributed by atoms with E-state index in [0.29, 0.717) is 19.7 Å². The van der Waals surface area contributed by atoms with Crippen molar-refractivity contribution in [2.75, 3.05) is 13.2 Å². The second kappa shape index (κ2) is 9.88. The van der Waals surface area contributed by atoms with E-state index in [1.807, 2.05) is 77.7 Å². The van der Waals surface area contributed by atoms with Crippen molar-refractivity contribution in [2.24, 2.45) is 5.92 Å². The van der Waals surface area contributed by atoms with Crippen molar-refractivity contribution in [3.05, 3.63) is 83.9 Å². The van der Waals surface area contributed by atoms with E-state index in [1.165, 1.54) is 0 Å². The molecule has 2 atom stereocenters. The molecule has 0 aromatic heterocycles. The Hall–Kier alpha value is -2.88. The predicted octanol–water partition coefficient (Wildman–Crippen LogP) is 4.33. The largest absolute Gasteiger partial charge is 0.466 e. The maximum atomic E-state index is 13.7. The molecule has 0 unspecified atom stereocenters. The van der Waals surface area contributed by atoms with Crippen molar-refractivity contribution in [3.8, 4) is 0 Å². The Labute approximate surface area is 166 Å². The third-order valence-electron chi connectivity index (χ3n) is 5.01. The maximum absolute atomic E-state index is 13.7. The molecule has 0 saturated carbocycles. The number of rotatable bonds is 5. The van der Waals surface area contributed by atoms with Crippen LogP contribution in [0.5, 0.6) is 0 Å². The zero-order chi connectivity index (χ0) is 19.8. The first-order chi connectivity index (χ1) is 13.7. The Morgan fingerprint density at radius 2 is 1.75 bits per heavy atom. The molecule has 0 bridgehead atoms. The fourth-order valence-corrected chi connectivity index (χ4v) is 3.64. The SMILES string of the molecule is CCOC(=O)[C@H]1/C=C/CCCN(Cc2ccccc2)C(=O)[C@H]1c1ccccc1. The summed E-state index contributed by atoms with van der Waals surface area (Å²) in [6, 6.07) is 19.5. The molecule has 0 radical (unpaired) electrons. The Balaban J connectivity index is 1.98. The number of amides is 1.